The van der Waals surface area contributed by atoms with Gasteiger partial charge in [0.2, 0.25) is 21.8 Å². The molecule has 1 aliphatic heterocycles. The van der Waals surface area contributed by atoms with E-state index in [1.807, 2.05) is 24.4 Å². The molecule has 0 spiro atoms. The number of hydrogen-bond acceptors (Lipinski definition) is 6. The number of carbonyl (C=O) groups excluding carboxylic acids is 2. The van der Waals surface area contributed by atoms with Crippen LogP contribution >= 0.6 is 23.1 Å². The monoisotopic (exact) mass is 433 g/mol. The fraction of sp³-hybridized carbons (Fsp3) is 0.647. The third-order valence-corrected chi connectivity index (χ3v) is 8.60. The molecule has 2 amide bonds. The van der Waals surface area contributed by atoms with Gasteiger partial charge in [0, 0.05) is 26.2 Å². The van der Waals surface area contributed by atoms with Gasteiger partial charge in [0.05, 0.1) is 16.0 Å². The van der Waals surface area contributed by atoms with Gasteiger partial charge in [-0.1, -0.05) is 26.8 Å². The van der Waals surface area contributed by atoms with Crippen LogP contribution in [0.5, 0.6) is 0 Å². The van der Waals surface area contributed by atoms with E-state index in [1.165, 1.54) is 16.1 Å². The minimum absolute atomic E-state index is 0.0738. The van der Waals surface area contributed by atoms with E-state index in [2.05, 4.69) is 5.32 Å². The number of likely N-dealkylation sites (tertiary alicyclic amines) is 1. The van der Waals surface area contributed by atoms with E-state index in [0.717, 1.165) is 4.21 Å². The quantitative estimate of drug-likeness (QED) is 0.596. The van der Waals surface area contributed by atoms with Crippen LogP contribution in [0, 0.1) is 5.92 Å². The third kappa shape index (κ3) is 6.20. The first-order valence-corrected chi connectivity index (χ1v) is 12.5. The van der Waals surface area contributed by atoms with Gasteiger partial charge in [-0.15, -0.1) is 23.1 Å². The van der Waals surface area contributed by atoms with E-state index in [-0.39, 0.29) is 17.9 Å². The van der Waals surface area contributed by atoms with Crippen molar-refractivity contribution in [1.29, 1.82) is 0 Å². The van der Waals surface area contributed by atoms with E-state index >= 15 is 0 Å². The molecule has 0 aliphatic carbocycles. The molecule has 1 aromatic rings. The van der Waals surface area contributed by atoms with Crippen LogP contribution in [-0.2, 0) is 19.6 Å². The Hall–Kier alpha value is -1.10. The number of nitrogens with one attached hydrogen (secondary N) is 1. The molecule has 1 saturated heterocycles. The molecule has 2 heterocycles. The highest BCUT2D eigenvalue weighted by molar-refractivity contribution is 8.01. The maximum absolute atomic E-state index is 12.5. The summed E-state index contributed by atoms with van der Waals surface area (Å²) in [6, 6.07) is 3.76. The Morgan fingerprint density at radius 1 is 1.33 bits per heavy atom. The number of thiophene rings is 1. The van der Waals surface area contributed by atoms with Crippen LogP contribution in [0.15, 0.2) is 21.7 Å². The summed E-state index contributed by atoms with van der Waals surface area (Å²) in [4.78, 5) is 26.2. The Morgan fingerprint density at radius 2 is 2.04 bits per heavy atom. The second kappa shape index (κ2) is 9.90. The summed E-state index contributed by atoms with van der Waals surface area (Å²) in [6.45, 7) is 6.97. The molecule has 0 aromatic carbocycles. The molecule has 1 aromatic heterocycles. The molecular formula is C17H27N3O4S3. The number of hydrogen-bond donors (Lipinski definition) is 1. The zero-order valence-electron chi connectivity index (χ0n) is 15.9. The number of thioether (sulfide) groups is 1. The largest absolute Gasteiger partial charge is 0.351 e. The first-order valence-electron chi connectivity index (χ1n) is 8.98. The normalized spacial score (nSPS) is 20.2. The molecule has 0 saturated carbocycles. The highest BCUT2D eigenvalue weighted by Crippen LogP contribution is 2.23. The summed E-state index contributed by atoms with van der Waals surface area (Å²) in [5.41, 5.74) is 0. The maximum atomic E-state index is 12.5. The fourth-order valence-corrected chi connectivity index (χ4v) is 6.10. The molecule has 152 valence electrons. The average Bonchev–Trinajstić information content (AvgIpc) is 3.24. The minimum atomic E-state index is -3.60. The lowest BCUT2D eigenvalue weighted by Gasteiger charge is -2.21. The van der Waals surface area contributed by atoms with Gasteiger partial charge in [0.1, 0.15) is 5.75 Å². The molecule has 10 heteroatoms. The Kier molecular flexibility index (Phi) is 8.14. The lowest BCUT2D eigenvalue weighted by atomic mass is 10.1. The second-order valence-electron chi connectivity index (χ2n) is 6.51. The zero-order chi connectivity index (χ0) is 20.0. The molecule has 0 bridgehead atoms. The summed E-state index contributed by atoms with van der Waals surface area (Å²) in [6.07, 6.45) is 0. The number of rotatable bonds is 9. The van der Waals surface area contributed by atoms with Gasteiger partial charge in [0.25, 0.3) is 0 Å². The first kappa shape index (κ1) is 22.2. The molecule has 2 rings (SSSR count). The molecule has 7 nitrogen and oxygen atoms in total. The number of nitrogens with zero attached hydrogens (tertiary/aromatic N) is 2. The van der Waals surface area contributed by atoms with Gasteiger partial charge in [0.15, 0.2) is 0 Å². The molecule has 27 heavy (non-hydrogen) atoms. The molecule has 2 atom stereocenters. The highest BCUT2D eigenvalue weighted by Gasteiger charge is 2.35. The summed E-state index contributed by atoms with van der Waals surface area (Å²) < 4.78 is 27.0. The number of amides is 2. The van der Waals surface area contributed by atoms with Crippen LogP contribution in [0.4, 0.5) is 0 Å². The van der Waals surface area contributed by atoms with Crippen molar-refractivity contribution >= 4 is 44.9 Å². The van der Waals surface area contributed by atoms with E-state index in [4.69, 9.17) is 0 Å². The molecule has 2 unspecified atom stereocenters. The van der Waals surface area contributed by atoms with Crippen molar-refractivity contribution in [2.75, 3.05) is 37.7 Å². The molecular weight excluding hydrogens is 406 g/mol. The SMILES string of the molecule is CCN(CC)S(=O)(=O)CC(=O)N1CC(C)C(NC(=O)CSc2cccs2)C1. The number of sulfonamides is 1. The van der Waals surface area contributed by atoms with Crippen LogP contribution in [-0.4, -0.2) is 73.2 Å². The van der Waals surface area contributed by atoms with Gasteiger partial charge < -0.3 is 10.2 Å². The highest BCUT2D eigenvalue weighted by atomic mass is 32.2. The molecule has 1 aliphatic rings. The van der Waals surface area contributed by atoms with Crippen LogP contribution < -0.4 is 5.32 Å². The van der Waals surface area contributed by atoms with Gasteiger partial charge in [-0.05, 0) is 17.4 Å². The van der Waals surface area contributed by atoms with Crippen molar-refractivity contribution in [2.45, 2.75) is 31.0 Å². The Labute approximate surface area is 169 Å². The van der Waals surface area contributed by atoms with Gasteiger partial charge in [-0.3, -0.25) is 9.59 Å². The Bertz CT molecular complexity index is 733. The van der Waals surface area contributed by atoms with Gasteiger partial charge in [-0.25, -0.2) is 12.7 Å². The fourth-order valence-electron chi connectivity index (χ4n) is 3.04. The molecule has 1 N–H and O–H groups in total. The van der Waals surface area contributed by atoms with Crippen molar-refractivity contribution in [3.05, 3.63) is 17.5 Å². The van der Waals surface area contributed by atoms with Crippen molar-refractivity contribution < 1.29 is 18.0 Å². The van der Waals surface area contributed by atoms with Crippen LogP contribution in [0.25, 0.3) is 0 Å². The van der Waals surface area contributed by atoms with Gasteiger partial charge >= 0.3 is 0 Å². The second-order valence-corrected chi connectivity index (χ2v) is 10.7. The maximum Gasteiger partial charge on any atom is 0.239 e. The van der Waals surface area contributed by atoms with E-state index in [9.17, 15) is 18.0 Å². The van der Waals surface area contributed by atoms with Crippen molar-refractivity contribution in [3.63, 3.8) is 0 Å². The topological polar surface area (TPSA) is 86.8 Å². The summed E-state index contributed by atoms with van der Waals surface area (Å²) in [7, 11) is -3.60. The lowest BCUT2D eigenvalue weighted by Crippen LogP contribution is -2.43. The predicted octanol–water partition coefficient (Wildman–Crippen LogP) is 1.47. The summed E-state index contributed by atoms with van der Waals surface area (Å²) in [5.74, 6) is -0.584. The first-order chi connectivity index (χ1) is 12.8. The summed E-state index contributed by atoms with van der Waals surface area (Å²) in [5, 5.41) is 4.94. The van der Waals surface area contributed by atoms with Gasteiger partial charge in [-0.2, -0.15) is 0 Å². The van der Waals surface area contributed by atoms with Crippen LogP contribution in [0.2, 0.25) is 0 Å². The van der Waals surface area contributed by atoms with Crippen LogP contribution in [0.1, 0.15) is 20.8 Å². The molecule has 1 fully saturated rings. The number of carbonyl (C=O) groups is 2. The van der Waals surface area contributed by atoms with E-state index in [0.29, 0.717) is 31.9 Å². The van der Waals surface area contributed by atoms with Crippen molar-refractivity contribution in [2.24, 2.45) is 5.92 Å². The van der Waals surface area contributed by atoms with Crippen molar-refractivity contribution in [3.8, 4) is 0 Å². The standard InChI is InChI=1S/C17H27N3O4S3/c1-4-20(5-2)27(23,24)12-16(22)19-9-13(3)14(10-19)18-15(21)11-26-17-7-6-8-25-17/h6-8,13-14H,4-5,9-12H2,1-3H3,(H,18,21). The third-order valence-electron chi connectivity index (χ3n) is 4.56. The summed E-state index contributed by atoms with van der Waals surface area (Å²) >= 11 is 3.08. The van der Waals surface area contributed by atoms with Crippen LogP contribution in [0.3, 0.4) is 0 Å². The Morgan fingerprint density at radius 3 is 2.63 bits per heavy atom. The Balaban J connectivity index is 1.85. The zero-order valence-corrected chi connectivity index (χ0v) is 18.3. The van der Waals surface area contributed by atoms with E-state index < -0.39 is 21.7 Å². The predicted molar refractivity (Wildman–Crippen MR) is 109 cm³/mol. The van der Waals surface area contributed by atoms with E-state index in [1.54, 1.807) is 30.1 Å². The minimum Gasteiger partial charge on any atom is -0.351 e. The molecule has 0 radical (unpaired) electrons. The lowest BCUT2D eigenvalue weighted by molar-refractivity contribution is -0.128. The smallest absolute Gasteiger partial charge is 0.239 e. The van der Waals surface area contributed by atoms with Crippen molar-refractivity contribution in [1.82, 2.24) is 14.5 Å². The average molecular weight is 434 g/mol.